The van der Waals surface area contributed by atoms with Crippen LogP contribution in [0.5, 0.6) is 0 Å². The summed E-state index contributed by atoms with van der Waals surface area (Å²) >= 11 is 0. The lowest BCUT2D eigenvalue weighted by molar-refractivity contribution is -0.136. The van der Waals surface area contributed by atoms with Crippen molar-refractivity contribution in [3.05, 3.63) is 89.2 Å². The Kier molecular flexibility index (Phi) is 13.1. The number of nitrogens with zero attached hydrogens (tertiary/aromatic N) is 4. The average molecular weight is 708 g/mol. The SMILES string of the molecule is CCC(O)N[C@H](Cc1ccc(CNC[C@](C=O)(NC(=O)c2ccnn2C)C2CCC(F)(F)CC2)cc1)C(=O)N1CCN(Cc2ccccc2)CC1. The molecule has 1 aliphatic carbocycles. The lowest BCUT2D eigenvalue weighted by Gasteiger charge is -2.41. The molecule has 3 atom stereocenters. The first kappa shape index (κ1) is 38.2. The highest BCUT2D eigenvalue weighted by Gasteiger charge is 2.46. The predicted molar refractivity (Wildman–Crippen MR) is 190 cm³/mol. The number of nitrogens with one attached hydrogen (secondary N) is 3. The van der Waals surface area contributed by atoms with Crippen LogP contribution in [-0.4, -0.2) is 99.2 Å². The van der Waals surface area contributed by atoms with Gasteiger partial charge in [0.2, 0.25) is 11.8 Å². The van der Waals surface area contributed by atoms with Crippen molar-refractivity contribution in [3.8, 4) is 0 Å². The number of aryl methyl sites for hydroxylation is 1. The Balaban J connectivity index is 1.19. The van der Waals surface area contributed by atoms with E-state index in [0.29, 0.717) is 38.8 Å². The number of carbonyl (C=O) groups excluding carboxylic acids is 3. The summed E-state index contributed by atoms with van der Waals surface area (Å²) in [6, 6.07) is 19.0. The number of benzene rings is 2. The first-order chi connectivity index (χ1) is 24.5. The van der Waals surface area contributed by atoms with Gasteiger partial charge in [0.15, 0.2) is 0 Å². The van der Waals surface area contributed by atoms with Crippen LogP contribution in [0.25, 0.3) is 0 Å². The topological polar surface area (TPSA) is 132 Å². The maximum Gasteiger partial charge on any atom is 0.270 e. The van der Waals surface area contributed by atoms with Crippen LogP contribution in [0.15, 0.2) is 66.9 Å². The van der Waals surface area contributed by atoms with Crippen LogP contribution in [-0.2, 0) is 36.1 Å². The molecule has 2 fully saturated rings. The number of aldehydes is 1. The Bertz CT molecular complexity index is 1570. The molecule has 0 radical (unpaired) electrons. The molecule has 1 unspecified atom stereocenters. The molecule has 13 heteroatoms. The van der Waals surface area contributed by atoms with Crippen LogP contribution in [0, 0.1) is 5.92 Å². The zero-order chi connectivity index (χ0) is 36.4. The molecule has 2 heterocycles. The van der Waals surface area contributed by atoms with Crippen molar-refractivity contribution in [2.75, 3.05) is 32.7 Å². The molecule has 3 aromatic rings. The van der Waals surface area contributed by atoms with E-state index in [2.05, 4.69) is 38.1 Å². The largest absolute Gasteiger partial charge is 0.379 e. The first-order valence-corrected chi connectivity index (χ1v) is 17.9. The van der Waals surface area contributed by atoms with E-state index in [0.717, 1.165) is 30.8 Å². The summed E-state index contributed by atoms with van der Waals surface area (Å²) in [5.74, 6) is -3.77. The number of amides is 2. The summed E-state index contributed by atoms with van der Waals surface area (Å²) in [6.07, 6.45) is 1.76. The lowest BCUT2D eigenvalue weighted by atomic mass is 9.74. The van der Waals surface area contributed by atoms with E-state index in [-0.39, 0.29) is 43.8 Å². The number of piperazine rings is 1. The number of carbonyl (C=O) groups is 3. The molecule has 51 heavy (non-hydrogen) atoms. The van der Waals surface area contributed by atoms with Gasteiger partial charge >= 0.3 is 0 Å². The van der Waals surface area contributed by atoms with Crippen LogP contribution in [0.4, 0.5) is 8.78 Å². The molecule has 5 rings (SSSR count). The van der Waals surface area contributed by atoms with Crippen molar-refractivity contribution in [3.63, 3.8) is 0 Å². The second kappa shape index (κ2) is 17.5. The molecule has 11 nitrogen and oxygen atoms in total. The Morgan fingerprint density at radius 1 is 1.00 bits per heavy atom. The first-order valence-electron chi connectivity index (χ1n) is 17.9. The molecule has 276 valence electrons. The maximum absolute atomic E-state index is 14.1. The number of aliphatic hydroxyl groups excluding tert-OH is 1. The van der Waals surface area contributed by atoms with Crippen molar-refractivity contribution < 1.29 is 28.3 Å². The van der Waals surface area contributed by atoms with Gasteiger partial charge < -0.3 is 25.4 Å². The predicted octanol–water partition coefficient (Wildman–Crippen LogP) is 3.28. The standard InChI is InChI=1S/C38H51F2N7O4/c1-3-34(49)43-32(36(51)47-21-19-46(20-22-47)25-30-7-5-4-6-8-30)23-28-9-11-29(12-10-28)24-41-26-37(27-48,31-13-16-38(39,40)17-14-31)44-35(50)33-15-18-42-45(33)2/h4-12,15,18,27,31-32,34,41,43,49H,3,13-14,16-17,19-26H2,1-2H3,(H,44,50)/t32-,34?,37-/m1/s1. The Morgan fingerprint density at radius 2 is 1.67 bits per heavy atom. The van der Waals surface area contributed by atoms with Crippen molar-refractivity contribution in [2.45, 2.75) is 82.3 Å². The molecule has 0 bridgehead atoms. The number of hydrogen-bond acceptors (Lipinski definition) is 8. The van der Waals surface area contributed by atoms with Crippen molar-refractivity contribution >= 4 is 18.1 Å². The van der Waals surface area contributed by atoms with E-state index < -0.39 is 35.6 Å². The molecule has 0 spiro atoms. The lowest BCUT2D eigenvalue weighted by Crippen LogP contribution is -2.61. The van der Waals surface area contributed by atoms with E-state index in [4.69, 9.17) is 0 Å². The zero-order valence-electron chi connectivity index (χ0n) is 29.6. The summed E-state index contributed by atoms with van der Waals surface area (Å²) in [5.41, 5.74) is 1.95. The fourth-order valence-corrected chi connectivity index (χ4v) is 7.08. The van der Waals surface area contributed by atoms with E-state index >= 15 is 0 Å². The van der Waals surface area contributed by atoms with Gasteiger partial charge in [0.25, 0.3) is 5.91 Å². The van der Waals surface area contributed by atoms with Gasteiger partial charge in [-0.3, -0.25) is 24.5 Å². The molecule has 1 aliphatic heterocycles. The zero-order valence-corrected chi connectivity index (χ0v) is 29.6. The third-order valence-corrected chi connectivity index (χ3v) is 10.3. The molecule has 2 aromatic carbocycles. The fraction of sp³-hybridized carbons (Fsp3) is 0.526. The number of aromatic nitrogens is 2. The minimum absolute atomic E-state index is 0.0357. The monoisotopic (exact) mass is 707 g/mol. The molecule has 4 N–H and O–H groups in total. The van der Waals surface area contributed by atoms with Gasteiger partial charge in [0, 0.05) is 71.9 Å². The molecule has 1 saturated carbocycles. The number of aliphatic hydroxyl groups is 1. The van der Waals surface area contributed by atoms with E-state index in [9.17, 15) is 28.3 Å². The second-order valence-electron chi connectivity index (χ2n) is 13.9. The second-order valence-corrected chi connectivity index (χ2v) is 13.9. The molecule has 1 saturated heterocycles. The van der Waals surface area contributed by atoms with Crippen LogP contribution >= 0.6 is 0 Å². The number of hydrogen-bond donors (Lipinski definition) is 4. The minimum Gasteiger partial charge on any atom is -0.379 e. The molecular formula is C38H51F2N7O4. The maximum atomic E-state index is 14.1. The van der Waals surface area contributed by atoms with Gasteiger partial charge in [-0.05, 0) is 54.4 Å². The van der Waals surface area contributed by atoms with Crippen molar-refractivity contribution in [2.24, 2.45) is 13.0 Å². The summed E-state index contributed by atoms with van der Waals surface area (Å²) in [5, 5.41) is 23.7. The van der Waals surface area contributed by atoms with E-state index in [1.54, 1.807) is 13.1 Å². The highest BCUT2D eigenvalue weighted by atomic mass is 19.3. The summed E-state index contributed by atoms with van der Waals surface area (Å²) in [4.78, 5) is 43.8. The normalized spacial score (nSPS) is 19.2. The molecule has 1 aromatic heterocycles. The van der Waals surface area contributed by atoms with Gasteiger partial charge in [-0.25, -0.2) is 8.78 Å². The fourth-order valence-electron chi connectivity index (χ4n) is 7.08. The van der Waals surface area contributed by atoms with Gasteiger partial charge in [-0.2, -0.15) is 5.10 Å². The summed E-state index contributed by atoms with van der Waals surface area (Å²) in [6.45, 7) is 5.91. The summed E-state index contributed by atoms with van der Waals surface area (Å²) in [7, 11) is 1.62. The van der Waals surface area contributed by atoms with Crippen molar-refractivity contribution in [1.29, 1.82) is 0 Å². The number of rotatable bonds is 16. The highest BCUT2D eigenvalue weighted by Crippen LogP contribution is 2.40. The number of alkyl halides is 2. The van der Waals surface area contributed by atoms with E-state index in [1.807, 2.05) is 54.3 Å². The molecular weight excluding hydrogens is 656 g/mol. The minimum atomic E-state index is -2.78. The van der Waals surface area contributed by atoms with Crippen LogP contribution in [0.1, 0.15) is 66.2 Å². The van der Waals surface area contributed by atoms with Gasteiger partial charge in [-0.1, -0.05) is 61.5 Å². The smallest absolute Gasteiger partial charge is 0.270 e. The third-order valence-electron chi connectivity index (χ3n) is 10.3. The van der Waals surface area contributed by atoms with Gasteiger partial charge in [0.1, 0.15) is 23.7 Å². The van der Waals surface area contributed by atoms with E-state index in [1.165, 1.54) is 16.4 Å². The molecule has 2 aliphatic rings. The summed E-state index contributed by atoms with van der Waals surface area (Å²) < 4.78 is 29.5. The highest BCUT2D eigenvalue weighted by molar-refractivity contribution is 5.95. The van der Waals surface area contributed by atoms with Crippen LogP contribution in [0.2, 0.25) is 0 Å². The Morgan fingerprint density at radius 3 is 2.27 bits per heavy atom. The Labute approximate surface area is 298 Å². The van der Waals surface area contributed by atoms with Crippen LogP contribution < -0.4 is 16.0 Å². The molecule has 2 amide bonds. The number of halogens is 2. The third kappa shape index (κ3) is 10.3. The van der Waals surface area contributed by atoms with Gasteiger partial charge in [0.05, 0.1) is 6.04 Å². The average Bonchev–Trinajstić information content (AvgIpc) is 3.58. The van der Waals surface area contributed by atoms with Crippen molar-refractivity contribution in [1.82, 2.24) is 35.5 Å². The van der Waals surface area contributed by atoms with Crippen LogP contribution in [0.3, 0.4) is 0 Å². The van der Waals surface area contributed by atoms with Gasteiger partial charge in [-0.15, -0.1) is 0 Å². The quantitative estimate of drug-likeness (QED) is 0.132. The Hall–Kier alpha value is -4.04.